The van der Waals surface area contributed by atoms with Crippen molar-refractivity contribution in [2.24, 2.45) is 0 Å². The number of hydrogen-bond acceptors (Lipinski definition) is 4. The van der Waals surface area contributed by atoms with E-state index in [1.54, 1.807) is 12.4 Å². The second kappa shape index (κ2) is 6.05. The molecule has 0 fully saturated rings. The highest BCUT2D eigenvalue weighted by Gasteiger charge is 2.12. The van der Waals surface area contributed by atoms with Gasteiger partial charge in [-0.3, -0.25) is 9.67 Å². The van der Waals surface area contributed by atoms with Crippen LogP contribution in [0.1, 0.15) is 33.3 Å². The zero-order valence-corrected chi connectivity index (χ0v) is 12.6. The number of rotatable bonds is 5. The number of nitrogens with zero attached hydrogens (tertiary/aromatic N) is 3. The molecule has 5 nitrogen and oxygen atoms in total. The van der Waals surface area contributed by atoms with Crippen molar-refractivity contribution in [1.29, 1.82) is 0 Å². The zero-order chi connectivity index (χ0) is 14.6. The van der Waals surface area contributed by atoms with Crippen LogP contribution in [0.15, 0.2) is 30.9 Å². The van der Waals surface area contributed by atoms with Crippen LogP contribution in [-0.4, -0.2) is 20.3 Å². The number of aromatic nitrogens is 3. The molecule has 20 heavy (non-hydrogen) atoms. The second-order valence-electron chi connectivity index (χ2n) is 5.72. The third-order valence-electron chi connectivity index (χ3n) is 2.83. The molecule has 0 saturated heterocycles. The molecule has 0 saturated carbocycles. The van der Waals surface area contributed by atoms with E-state index in [9.17, 15) is 0 Å². The molecule has 0 aliphatic carbocycles. The molecule has 0 atom stereocenters. The topological polar surface area (TPSA) is 52.0 Å². The van der Waals surface area contributed by atoms with Crippen molar-refractivity contribution in [3.8, 4) is 11.5 Å². The number of hydrogen-bond donors (Lipinski definition) is 1. The molecule has 2 aromatic heterocycles. The lowest BCUT2D eigenvalue weighted by atomic mass is 10.1. The van der Waals surface area contributed by atoms with Crippen molar-refractivity contribution in [2.75, 3.05) is 0 Å². The lowest BCUT2D eigenvalue weighted by molar-refractivity contribution is 0.413. The summed E-state index contributed by atoms with van der Waals surface area (Å²) in [6, 6.07) is 1.88. The lowest BCUT2D eigenvalue weighted by Gasteiger charge is -2.21. The third kappa shape index (κ3) is 4.06. The number of pyridine rings is 1. The molecule has 0 radical (unpaired) electrons. The van der Waals surface area contributed by atoms with Crippen LogP contribution in [-0.2, 0) is 13.1 Å². The molecule has 0 aromatic carbocycles. The molecule has 0 amide bonds. The average molecular weight is 274 g/mol. The molecule has 1 N–H and O–H groups in total. The fraction of sp³-hybridized carbons (Fsp3) is 0.467. The van der Waals surface area contributed by atoms with Crippen molar-refractivity contribution in [2.45, 2.75) is 46.3 Å². The average Bonchev–Trinajstić information content (AvgIpc) is 2.84. The van der Waals surface area contributed by atoms with Gasteiger partial charge in [-0.1, -0.05) is 0 Å². The molecule has 2 aromatic rings. The molecular weight excluding hydrogens is 252 g/mol. The van der Waals surface area contributed by atoms with Crippen molar-refractivity contribution < 1.29 is 4.74 Å². The molecule has 108 valence electrons. The Morgan fingerprint density at radius 3 is 2.75 bits per heavy atom. The monoisotopic (exact) mass is 274 g/mol. The Kier molecular flexibility index (Phi) is 4.39. The Morgan fingerprint density at radius 2 is 2.10 bits per heavy atom. The smallest absolute Gasteiger partial charge is 0.165 e. The number of aryl methyl sites for hydroxylation is 1. The fourth-order valence-electron chi connectivity index (χ4n) is 1.70. The number of nitrogens with one attached hydrogen (secondary N) is 1. The van der Waals surface area contributed by atoms with Crippen LogP contribution in [0.5, 0.6) is 11.5 Å². The van der Waals surface area contributed by atoms with Gasteiger partial charge >= 0.3 is 0 Å². The highest BCUT2D eigenvalue weighted by atomic mass is 16.5. The van der Waals surface area contributed by atoms with Gasteiger partial charge in [-0.05, 0) is 33.8 Å². The standard InChI is InChI=1S/C15H22N4O/c1-5-19-11-13(10-18-19)20-14-6-7-16-8-12(14)9-17-15(2,3)4/h6-8,10-11,17H,5,9H2,1-4H3. The quantitative estimate of drug-likeness (QED) is 0.910. The van der Waals surface area contributed by atoms with Gasteiger partial charge in [0.25, 0.3) is 0 Å². The highest BCUT2D eigenvalue weighted by Crippen LogP contribution is 2.24. The normalized spacial score (nSPS) is 11.6. The summed E-state index contributed by atoms with van der Waals surface area (Å²) < 4.78 is 7.73. The summed E-state index contributed by atoms with van der Waals surface area (Å²) in [7, 11) is 0. The van der Waals surface area contributed by atoms with E-state index >= 15 is 0 Å². The van der Waals surface area contributed by atoms with E-state index < -0.39 is 0 Å². The highest BCUT2D eigenvalue weighted by molar-refractivity contribution is 5.34. The first-order valence-electron chi connectivity index (χ1n) is 6.86. The molecule has 0 aliphatic rings. The maximum Gasteiger partial charge on any atom is 0.165 e. The van der Waals surface area contributed by atoms with E-state index in [0.717, 1.165) is 23.6 Å². The van der Waals surface area contributed by atoms with Crippen LogP contribution in [0.25, 0.3) is 0 Å². The van der Waals surface area contributed by atoms with Gasteiger partial charge in [0, 0.05) is 36.6 Å². The largest absolute Gasteiger partial charge is 0.454 e. The summed E-state index contributed by atoms with van der Waals surface area (Å²) >= 11 is 0. The molecule has 0 bridgehead atoms. The van der Waals surface area contributed by atoms with Crippen molar-refractivity contribution in [3.05, 3.63) is 36.4 Å². The van der Waals surface area contributed by atoms with E-state index in [2.05, 4.69) is 36.2 Å². The van der Waals surface area contributed by atoms with E-state index in [-0.39, 0.29) is 5.54 Å². The molecule has 2 heterocycles. The summed E-state index contributed by atoms with van der Waals surface area (Å²) in [5, 5.41) is 7.65. The maximum atomic E-state index is 5.89. The van der Waals surface area contributed by atoms with E-state index in [4.69, 9.17) is 4.74 Å². The summed E-state index contributed by atoms with van der Waals surface area (Å²) in [4.78, 5) is 4.17. The second-order valence-corrected chi connectivity index (χ2v) is 5.72. The first-order chi connectivity index (χ1) is 9.48. The summed E-state index contributed by atoms with van der Waals surface area (Å²) in [5.41, 5.74) is 1.09. The minimum absolute atomic E-state index is 0.0558. The molecule has 0 unspecified atom stereocenters. The minimum atomic E-state index is 0.0558. The zero-order valence-electron chi connectivity index (χ0n) is 12.6. The summed E-state index contributed by atoms with van der Waals surface area (Å²) in [6.45, 7) is 9.99. The van der Waals surface area contributed by atoms with Crippen LogP contribution in [0.2, 0.25) is 0 Å². The van der Waals surface area contributed by atoms with Gasteiger partial charge in [0.1, 0.15) is 5.75 Å². The summed E-state index contributed by atoms with van der Waals surface area (Å²) in [5.74, 6) is 1.56. The Labute approximate surface area is 120 Å². The summed E-state index contributed by atoms with van der Waals surface area (Å²) in [6.07, 6.45) is 7.19. The van der Waals surface area contributed by atoms with Gasteiger partial charge in [0.15, 0.2) is 5.75 Å². The fourth-order valence-corrected chi connectivity index (χ4v) is 1.70. The first kappa shape index (κ1) is 14.5. The van der Waals surface area contributed by atoms with Crippen LogP contribution in [0.4, 0.5) is 0 Å². The van der Waals surface area contributed by atoms with E-state index in [0.29, 0.717) is 6.54 Å². The van der Waals surface area contributed by atoms with Crippen LogP contribution < -0.4 is 10.1 Å². The molecule has 5 heteroatoms. The van der Waals surface area contributed by atoms with Gasteiger partial charge in [0.2, 0.25) is 0 Å². The molecule has 0 spiro atoms. The Bertz CT molecular complexity index is 557. The van der Waals surface area contributed by atoms with Crippen LogP contribution in [0.3, 0.4) is 0 Å². The van der Waals surface area contributed by atoms with E-state index in [1.165, 1.54) is 0 Å². The first-order valence-corrected chi connectivity index (χ1v) is 6.86. The van der Waals surface area contributed by atoms with E-state index in [1.807, 2.05) is 30.1 Å². The van der Waals surface area contributed by atoms with Gasteiger partial charge in [-0.15, -0.1) is 0 Å². The Hall–Kier alpha value is -1.88. The number of ether oxygens (including phenoxy) is 1. The maximum absolute atomic E-state index is 5.89. The van der Waals surface area contributed by atoms with Gasteiger partial charge in [-0.2, -0.15) is 5.10 Å². The lowest BCUT2D eigenvalue weighted by Crippen LogP contribution is -2.35. The van der Waals surface area contributed by atoms with Crippen molar-refractivity contribution in [1.82, 2.24) is 20.1 Å². The van der Waals surface area contributed by atoms with Crippen molar-refractivity contribution >= 4 is 0 Å². The van der Waals surface area contributed by atoms with Gasteiger partial charge in [0.05, 0.1) is 12.4 Å². The van der Waals surface area contributed by atoms with Gasteiger partial charge in [-0.25, -0.2) is 0 Å². The third-order valence-corrected chi connectivity index (χ3v) is 2.83. The van der Waals surface area contributed by atoms with Crippen LogP contribution in [0, 0.1) is 0 Å². The molecule has 2 rings (SSSR count). The van der Waals surface area contributed by atoms with Crippen molar-refractivity contribution in [3.63, 3.8) is 0 Å². The molecular formula is C15H22N4O. The predicted octanol–water partition coefficient (Wildman–Crippen LogP) is 2.98. The van der Waals surface area contributed by atoms with Gasteiger partial charge < -0.3 is 10.1 Å². The molecule has 0 aliphatic heterocycles. The Balaban J connectivity index is 2.11. The minimum Gasteiger partial charge on any atom is -0.454 e. The Morgan fingerprint density at radius 1 is 1.30 bits per heavy atom. The van der Waals surface area contributed by atoms with Crippen LogP contribution >= 0.6 is 0 Å². The predicted molar refractivity (Wildman–Crippen MR) is 78.8 cm³/mol. The SMILES string of the molecule is CCn1cc(Oc2ccncc2CNC(C)(C)C)cn1.